The van der Waals surface area contributed by atoms with Gasteiger partial charge in [0.2, 0.25) is 0 Å². The summed E-state index contributed by atoms with van der Waals surface area (Å²) >= 11 is 0. The minimum Gasteiger partial charge on any atom is -0.463 e. The Morgan fingerprint density at radius 3 is 3.12 bits per heavy atom. The van der Waals surface area contributed by atoms with E-state index < -0.39 is 0 Å². The molecule has 2 N–H and O–H groups in total. The minimum atomic E-state index is 0.377. The van der Waals surface area contributed by atoms with Gasteiger partial charge in [-0.25, -0.2) is 4.98 Å². The third-order valence-electron chi connectivity index (χ3n) is 3.05. The number of hydrogen-bond acceptors (Lipinski definition) is 3. The maximum Gasteiger partial charge on any atom is 0.154 e. The van der Waals surface area contributed by atoms with Crippen LogP contribution < -0.4 is 5.32 Å². The highest BCUT2D eigenvalue weighted by Crippen LogP contribution is 2.26. The summed E-state index contributed by atoms with van der Waals surface area (Å²) in [6.45, 7) is 3.11. The Kier molecular flexibility index (Phi) is 2.29. The lowest BCUT2D eigenvalue weighted by Crippen LogP contribution is -2.14. The number of nitrogens with zero attached hydrogens (tertiary/aromatic N) is 1. The van der Waals surface area contributed by atoms with E-state index >= 15 is 0 Å². The van der Waals surface area contributed by atoms with Crippen LogP contribution in [0.4, 0.5) is 0 Å². The van der Waals surface area contributed by atoms with Crippen LogP contribution in [0.25, 0.3) is 11.5 Å². The van der Waals surface area contributed by atoms with Crippen LogP contribution in [0, 0.1) is 6.92 Å². The summed E-state index contributed by atoms with van der Waals surface area (Å²) in [6.07, 6.45) is 4.06. The largest absolute Gasteiger partial charge is 0.463 e. The Morgan fingerprint density at radius 2 is 2.44 bits per heavy atom. The highest BCUT2D eigenvalue weighted by atomic mass is 16.3. The number of furan rings is 1. The van der Waals surface area contributed by atoms with E-state index in [0.29, 0.717) is 6.04 Å². The van der Waals surface area contributed by atoms with Gasteiger partial charge < -0.3 is 14.7 Å². The van der Waals surface area contributed by atoms with Crippen LogP contribution in [-0.4, -0.2) is 16.5 Å². The van der Waals surface area contributed by atoms with E-state index in [9.17, 15) is 0 Å². The van der Waals surface area contributed by atoms with Crippen molar-refractivity contribution >= 4 is 0 Å². The van der Waals surface area contributed by atoms with Crippen molar-refractivity contribution in [3.05, 3.63) is 29.9 Å². The molecule has 0 aromatic carbocycles. The first-order chi connectivity index (χ1) is 7.84. The molecule has 1 saturated heterocycles. The maximum absolute atomic E-state index is 5.37. The number of aromatic amines is 1. The summed E-state index contributed by atoms with van der Waals surface area (Å²) in [6, 6.07) is 4.20. The van der Waals surface area contributed by atoms with Crippen molar-refractivity contribution in [3.8, 4) is 11.5 Å². The maximum atomic E-state index is 5.37. The van der Waals surface area contributed by atoms with Gasteiger partial charge in [-0.05, 0) is 38.4 Å². The van der Waals surface area contributed by atoms with E-state index in [1.165, 1.54) is 6.42 Å². The molecular formula is C12H15N3O. The molecule has 0 spiro atoms. The highest BCUT2D eigenvalue weighted by molar-refractivity contribution is 5.55. The topological polar surface area (TPSA) is 53.9 Å². The van der Waals surface area contributed by atoms with Gasteiger partial charge in [0.25, 0.3) is 0 Å². The van der Waals surface area contributed by atoms with Crippen molar-refractivity contribution in [1.29, 1.82) is 0 Å². The van der Waals surface area contributed by atoms with Crippen LogP contribution in [0.15, 0.2) is 22.8 Å². The van der Waals surface area contributed by atoms with Crippen molar-refractivity contribution in [3.63, 3.8) is 0 Å². The molecule has 4 heteroatoms. The average molecular weight is 217 g/mol. The van der Waals surface area contributed by atoms with Crippen molar-refractivity contribution in [2.75, 3.05) is 6.54 Å². The standard InChI is InChI=1S/C12H15N3O/c1-8-11(10-5-3-7-16-10)15-12(14-8)9-4-2-6-13-9/h3,5,7,9,13H,2,4,6H2,1H3,(H,14,15). The van der Waals surface area contributed by atoms with E-state index in [2.05, 4.69) is 15.3 Å². The fourth-order valence-corrected chi connectivity index (χ4v) is 2.22. The Hall–Kier alpha value is -1.55. The molecule has 1 unspecified atom stereocenters. The van der Waals surface area contributed by atoms with Gasteiger partial charge in [-0.2, -0.15) is 0 Å². The molecule has 0 saturated carbocycles. The zero-order valence-corrected chi connectivity index (χ0v) is 9.29. The molecule has 0 bridgehead atoms. The lowest BCUT2D eigenvalue weighted by molar-refractivity contribution is 0.578. The number of hydrogen-bond donors (Lipinski definition) is 2. The first-order valence-electron chi connectivity index (χ1n) is 5.68. The fourth-order valence-electron chi connectivity index (χ4n) is 2.22. The van der Waals surface area contributed by atoms with Crippen LogP contribution in [0.3, 0.4) is 0 Å². The molecule has 1 fully saturated rings. The Balaban J connectivity index is 1.95. The van der Waals surface area contributed by atoms with Crippen LogP contribution in [0.2, 0.25) is 0 Å². The molecule has 1 atom stereocenters. The molecule has 84 valence electrons. The monoisotopic (exact) mass is 217 g/mol. The lowest BCUT2D eigenvalue weighted by Gasteiger charge is -2.04. The quantitative estimate of drug-likeness (QED) is 0.812. The van der Waals surface area contributed by atoms with Crippen LogP contribution in [0.5, 0.6) is 0 Å². The first-order valence-corrected chi connectivity index (χ1v) is 5.68. The zero-order valence-electron chi connectivity index (χ0n) is 9.29. The number of nitrogens with one attached hydrogen (secondary N) is 2. The van der Waals surface area contributed by atoms with Gasteiger partial charge in [-0.15, -0.1) is 0 Å². The normalized spacial score (nSPS) is 20.4. The summed E-state index contributed by atoms with van der Waals surface area (Å²) in [5.74, 6) is 1.86. The third kappa shape index (κ3) is 1.55. The second-order valence-electron chi connectivity index (χ2n) is 4.22. The van der Waals surface area contributed by atoms with E-state index in [1.807, 2.05) is 19.1 Å². The second-order valence-corrected chi connectivity index (χ2v) is 4.22. The summed E-state index contributed by atoms with van der Waals surface area (Å²) in [5.41, 5.74) is 1.99. The summed E-state index contributed by atoms with van der Waals surface area (Å²) in [7, 11) is 0. The summed E-state index contributed by atoms with van der Waals surface area (Å²) in [4.78, 5) is 7.96. The Bertz CT molecular complexity index is 466. The van der Waals surface area contributed by atoms with Gasteiger partial charge in [0.1, 0.15) is 11.5 Å². The molecule has 0 amide bonds. The number of aryl methyl sites for hydroxylation is 1. The van der Waals surface area contributed by atoms with Crippen LogP contribution in [-0.2, 0) is 0 Å². The van der Waals surface area contributed by atoms with Crippen LogP contribution >= 0.6 is 0 Å². The van der Waals surface area contributed by atoms with E-state index in [-0.39, 0.29) is 0 Å². The number of aromatic nitrogens is 2. The highest BCUT2D eigenvalue weighted by Gasteiger charge is 2.21. The molecular weight excluding hydrogens is 202 g/mol. The molecule has 3 heterocycles. The molecule has 2 aromatic rings. The van der Waals surface area contributed by atoms with Crippen molar-refractivity contribution < 1.29 is 4.42 Å². The summed E-state index contributed by atoms with van der Waals surface area (Å²) < 4.78 is 5.37. The lowest BCUT2D eigenvalue weighted by atomic mass is 10.2. The zero-order chi connectivity index (χ0) is 11.0. The van der Waals surface area contributed by atoms with Crippen molar-refractivity contribution in [1.82, 2.24) is 15.3 Å². The molecule has 0 aliphatic carbocycles. The second kappa shape index (κ2) is 3.79. The van der Waals surface area contributed by atoms with Gasteiger partial charge >= 0.3 is 0 Å². The first kappa shape index (κ1) is 9.66. The van der Waals surface area contributed by atoms with Crippen molar-refractivity contribution in [2.45, 2.75) is 25.8 Å². The fraction of sp³-hybridized carbons (Fsp3) is 0.417. The van der Waals surface area contributed by atoms with E-state index in [0.717, 1.165) is 35.9 Å². The molecule has 4 nitrogen and oxygen atoms in total. The van der Waals surface area contributed by atoms with Gasteiger partial charge in [0.05, 0.1) is 12.3 Å². The molecule has 3 rings (SSSR count). The average Bonchev–Trinajstić information content (AvgIpc) is 2.97. The molecule has 0 radical (unpaired) electrons. The number of rotatable bonds is 2. The van der Waals surface area contributed by atoms with Crippen molar-refractivity contribution in [2.24, 2.45) is 0 Å². The summed E-state index contributed by atoms with van der Waals surface area (Å²) in [5, 5.41) is 3.43. The molecule has 1 aliphatic heterocycles. The van der Waals surface area contributed by atoms with Gasteiger partial charge in [0.15, 0.2) is 5.76 Å². The van der Waals surface area contributed by atoms with Gasteiger partial charge in [0, 0.05) is 5.69 Å². The number of imidazole rings is 1. The SMILES string of the molecule is Cc1[nH]c(C2CCCN2)nc1-c1ccco1. The van der Waals surface area contributed by atoms with Crippen LogP contribution in [0.1, 0.15) is 30.4 Å². The predicted molar refractivity (Wildman–Crippen MR) is 61.0 cm³/mol. The molecule has 1 aliphatic rings. The number of H-pyrrole nitrogens is 1. The van der Waals surface area contributed by atoms with Gasteiger partial charge in [-0.1, -0.05) is 0 Å². The third-order valence-corrected chi connectivity index (χ3v) is 3.05. The van der Waals surface area contributed by atoms with E-state index in [4.69, 9.17) is 4.42 Å². The predicted octanol–water partition coefficient (Wildman–Crippen LogP) is 2.40. The Labute approximate surface area is 94.1 Å². The Morgan fingerprint density at radius 1 is 1.50 bits per heavy atom. The molecule has 16 heavy (non-hydrogen) atoms. The van der Waals surface area contributed by atoms with E-state index in [1.54, 1.807) is 6.26 Å². The van der Waals surface area contributed by atoms with Gasteiger partial charge in [-0.3, -0.25) is 0 Å². The minimum absolute atomic E-state index is 0.377. The smallest absolute Gasteiger partial charge is 0.154 e. The molecule has 2 aromatic heterocycles.